The first-order chi connectivity index (χ1) is 9.67. The van der Waals surface area contributed by atoms with Crippen LogP contribution in [-0.4, -0.2) is 27.0 Å². The van der Waals surface area contributed by atoms with E-state index in [0.29, 0.717) is 21.6 Å². The van der Waals surface area contributed by atoms with Gasteiger partial charge in [-0.15, -0.1) is 0 Å². The Morgan fingerprint density at radius 1 is 1.25 bits per heavy atom. The molecule has 1 aromatic carbocycles. The van der Waals surface area contributed by atoms with Crippen molar-refractivity contribution in [1.29, 1.82) is 0 Å². The van der Waals surface area contributed by atoms with Crippen LogP contribution in [-0.2, 0) is 0 Å². The van der Waals surface area contributed by atoms with Gasteiger partial charge in [-0.1, -0.05) is 35.0 Å². The van der Waals surface area contributed by atoms with Crippen molar-refractivity contribution >= 4 is 52.1 Å². The fraction of sp³-hybridized carbons (Fsp3) is 0.0833. The van der Waals surface area contributed by atoms with Crippen LogP contribution in [0.2, 0.25) is 10.0 Å². The van der Waals surface area contributed by atoms with Crippen LogP contribution in [0, 0.1) is 0 Å². The topological polar surface area (TPSA) is 66.5 Å². The normalized spacial score (nSPS) is 10.9. The van der Waals surface area contributed by atoms with Crippen LogP contribution in [0.4, 0.5) is 5.95 Å². The fourth-order valence-electron chi connectivity index (χ4n) is 1.65. The van der Waals surface area contributed by atoms with E-state index >= 15 is 0 Å². The minimum Gasteiger partial charge on any atom is -0.357 e. The maximum Gasteiger partial charge on any atom is 0.225 e. The van der Waals surface area contributed by atoms with E-state index in [9.17, 15) is 0 Å². The highest BCUT2D eigenvalue weighted by atomic mass is 35.5. The number of fused-ring (bicyclic) bond motifs is 1. The van der Waals surface area contributed by atoms with Gasteiger partial charge in [0, 0.05) is 17.0 Å². The monoisotopic (exact) mass is 325 g/mol. The zero-order chi connectivity index (χ0) is 14.1. The van der Waals surface area contributed by atoms with E-state index in [2.05, 4.69) is 25.3 Å². The van der Waals surface area contributed by atoms with Crippen LogP contribution in [0.15, 0.2) is 34.4 Å². The quantitative estimate of drug-likeness (QED) is 0.716. The fourth-order valence-corrected chi connectivity index (χ4v) is 3.07. The molecular formula is C12H9Cl2N5S. The van der Waals surface area contributed by atoms with Gasteiger partial charge in [0.2, 0.25) is 5.95 Å². The molecule has 3 rings (SSSR count). The molecule has 0 spiro atoms. The summed E-state index contributed by atoms with van der Waals surface area (Å²) in [5.74, 6) is 0.505. The molecule has 0 aliphatic heterocycles. The lowest BCUT2D eigenvalue weighted by atomic mass is 10.4. The van der Waals surface area contributed by atoms with E-state index in [1.807, 2.05) is 0 Å². The van der Waals surface area contributed by atoms with Crippen molar-refractivity contribution in [3.05, 3.63) is 34.6 Å². The number of anilines is 1. The predicted molar refractivity (Wildman–Crippen MR) is 81.8 cm³/mol. The van der Waals surface area contributed by atoms with Crippen LogP contribution in [0.25, 0.3) is 11.2 Å². The highest BCUT2D eigenvalue weighted by molar-refractivity contribution is 7.99. The molecule has 2 N–H and O–H groups in total. The zero-order valence-corrected chi connectivity index (χ0v) is 12.6. The number of aromatic amines is 1. The summed E-state index contributed by atoms with van der Waals surface area (Å²) in [5, 5.41) is 4.90. The molecule has 0 fully saturated rings. The minimum atomic E-state index is 0.505. The highest BCUT2D eigenvalue weighted by Crippen LogP contribution is 2.36. The number of halogens is 2. The standard InChI is InChI=1S/C12H9Cl2N5S/c1-15-12-18-10-9(16-5-17-10)11(19-12)20-8-4-6(13)2-3-7(8)14/h2-5H,1H3,(H2,15,16,17,18,19). The van der Waals surface area contributed by atoms with Crippen molar-refractivity contribution in [1.82, 2.24) is 19.9 Å². The molecule has 2 heterocycles. The van der Waals surface area contributed by atoms with Gasteiger partial charge in [0.15, 0.2) is 5.65 Å². The Hall–Kier alpha value is -1.50. The van der Waals surface area contributed by atoms with Gasteiger partial charge in [-0.3, -0.25) is 0 Å². The summed E-state index contributed by atoms with van der Waals surface area (Å²) in [6.07, 6.45) is 1.59. The molecular weight excluding hydrogens is 317 g/mol. The Bertz CT molecular complexity index is 774. The van der Waals surface area contributed by atoms with Gasteiger partial charge in [0.25, 0.3) is 0 Å². The minimum absolute atomic E-state index is 0.505. The Balaban J connectivity index is 2.09. The molecule has 3 aromatic rings. The number of imidazole rings is 1. The number of hydrogen-bond acceptors (Lipinski definition) is 5. The van der Waals surface area contributed by atoms with E-state index in [4.69, 9.17) is 23.2 Å². The number of aromatic nitrogens is 4. The van der Waals surface area contributed by atoms with Crippen molar-refractivity contribution in [2.45, 2.75) is 9.92 Å². The number of benzene rings is 1. The molecule has 0 aliphatic carbocycles. The summed E-state index contributed by atoms with van der Waals surface area (Å²) in [6, 6.07) is 5.31. The lowest BCUT2D eigenvalue weighted by molar-refractivity contribution is 1.08. The lowest BCUT2D eigenvalue weighted by Gasteiger charge is -2.06. The third-order valence-corrected chi connectivity index (χ3v) is 4.30. The van der Waals surface area contributed by atoms with Gasteiger partial charge >= 0.3 is 0 Å². The second-order valence-corrected chi connectivity index (χ2v) is 5.75. The van der Waals surface area contributed by atoms with Crippen molar-refractivity contribution in [2.24, 2.45) is 0 Å². The molecule has 2 aromatic heterocycles. The SMILES string of the molecule is CNc1nc(Sc2cc(Cl)ccc2Cl)c2[nH]cnc2n1. The van der Waals surface area contributed by atoms with Crippen molar-refractivity contribution in [3.8, 4) is 0 Å². The van der Waals surface area contributed by atoms with Gasteiger partial charge in [-0.05, 0) is 18.2 Å². The maximum absolute atomic E-state index is 6.18. The first-order valence-corrected chi connectivity index (χ1v) is 7.26. The maximum atomic E-state index is 6.18. The van der Waals surface area contributed by atoms with Crippen molar-refractivity contribution in [2.75, 3.05) is 12.4 Å². The molecule has 0 amide bonds. The third kappa shape index (κ3) is 2.54. The van der Waals surface area contributed by atoms with E-state index in [1.54, 1.807) is 31.6 Å². The Kier molecular flexibility index (Phi) is 3.69. The van der Waals surface area contributed by atoms with E-state index in [-0.39, 0.29) is 0 Å². The zero-order valence-electron chi connectivity index (χ0n) is 10.3. The van der Waals surface area contributed by atoms with Gasteiger partial charge in [-0.2, -0.15) is 4.98 Å². The van der Waals surface area contributed by atoms with Crippen LogP contribution < -0.4 is 5.32 Å². The average Bonchev–Trinajstić information content (AvgIpc) is 2.91. The summed E-state index contributed by atoms with van der Waals surface area (Å²) in [5.41, 5.74) is 1.37. The second-order valence-electron chi connectivity index (χ2n) is 3.88. The summed E-state index contributed by atoms with van der Waals surface area (Å²) < 4.78 is 0. The molecule has 0 bridgehead atoms. The van der Waals surface area contributed by atoms with Gasteiger partial charge in [-0.25, -0.2) is 9.97 Å². The third-order valence-electron chi connectivity index (χ3n) is 2.58. The van der Waals surface area contributed by atoms with Crippen LogP contribution in [0.3, 0.4) is 0 Å². The van der Waals surface area contributed by atoms with E-state index in [0.717, 1.165) is 15.4 Å². The summed E-state index contributed by atoms with van der Waals surface area (Å²) in [4.78, 5) is 16.7. The molecule has 0 aliphatic rings. The van der Waals surface area contributed by atoms with Gasteiger partial charge in [0.1, 0.15) is 10.5 Å². The van der Waals surface area contributed by atoms with Gasteiger partial charge in [0.05, 0.1) is 11.3 Å². The van der Waals surface area contributed by atoms with Crippen LogP contribution in [0.1, 0.15) is 0 Å². The molecule has 8 heteroatoms. The molecule has 0 atom stereocenters. The first kappa shape index (κ1) is 13.5. The number of nitrogens with one attached hydrogen (secondary N) is 2. The molecule has 5 nitrogen and oxygen atoms in total. The molecule has 0 unspecified atom stereocenters. The summed E-state index contributed by atoms with van der Waals surface area (Å²) in [7, 11) is 1.76. The van der Waals surface area contributed by atoms with E-state index < -0.39 is 0 Å². The van der Waals surface area contributed by atoms with Crippen molar-refractivity contribution in [3.63, 3.8) is 0 Å². The van der Waals surface area contributed by atoms with Crippen LogP contribution in [0.5, 0.6) is 0 Å². The predicted octanol–water partition coefficient (Wildman–Crippen LogP) is 3.85. The summed E-state index contributed by atoms with van der Waals surface area (Å²) in [6.45, 7) is 0. The largest absolute Gasteiger partial charge is 0.357 e. The number of rotatable bonds is 3. The van der Waals surface area contributed by atoms with Crippen molar-refractivity contribution < 1.29 is 0 Å². The number of hydrogen-bond donors (Lipinski definition) is 2. The Morgan fingerprint density at radius 3 is 2.90 bits per heavy atom. The molecule has 0 radical (unpaired) electrons. The molecule has 0 saturated heterocycles. The molecule has 0 saturated carbocycles. The Labute approximate surface area is 129 Å². The average molecular weight is 326 g/mol. The second kappa shape index (κ2) is 5.47. The Morgan fingerprint density at radius 2 is 2.10 bits per heavy atom. The van der Waals surface area contributed by atoms with Crippen LogP contribution >= 0.6 is 35.0 Å². The first-order valence-electron chi connectivity index (χ1n) is 5.69. The molecule has 20 heavy (non-hydrogen) atoms. The summed E-state index contributed by atoms with van der Waals surface area (Å²) >= 11 is 13.6. The van der Waals surface area contributed by atoms with E-state index in [1.165, 1.54) is 11.8 Å². The number of H-pyrrole nitrogens is 1. The molecule has 102 valence electrons. The smallest absolute Gasteiger partial charge is 0.225 e. The van der Waals surface area contributed by atoms with Gasteiger partial charge < -0.3 is 10.3 Å². The lowest BCUT2D eigenvalue weighted by Crippen LogP contribution is -1.98. The highest BCUT2D eigenvalue weighted by Gasteiger charge is 2.12. The number of nitrogens with zero attached hydrogens (tertiary/aromatic N) is 3.